The molecule has 30 heavy (non-hydrogen) atoms. The summed E-state index contributed by atoms with van der Waals surface area (Å²) in [6.45, 7) is 5.84. The number of benzene rings is 2. The number of amides is 1. The largest absolute Gasteiger partial charge is 0.418 e. The maximum Gasteiger partial charge on any atom is 0.418 e. The number of nitrogens with one attached hydrogen (secondary N) is 1. The Hall–Kier alpha value is -3.02. The van der Waals surface area contributed by atoms with Gasteiger partial charge in [0.2, 0.25) is 0 Å². The Morgan fingerprint density at radius 3 is 2.30 bits per heavy atom. The van der Waals surface area contributed by atoms with Crippen LogP contribution in [-0.2, 0) is 19.1 Å². The van der Waals surface area contributed by atoms with E-state index in [4.69, 9.17) is 0 Å². The van der Waals surface area contributed by atoms with E-state index in [9.17, 15) is 18.0 Å². The fraction of sp³-hybridized carbons (Fsp3) is 0.292. The van der Waals surface area contributed by atoms with Crippen molar-refractivity contribution < 1.29 is 18.0 Å². The molecule has 0 aliphatic carbocycles. The molecular formula is C24H25F3N2O. The number of carbonyl (C=O) groups excluding carboxylic acids is 1. The highest BCUT2D eigenvalue weighted by molar-refractivity contribution is 5.96. The third-order valence-electron chi connectivity index (χ3n) is 5.20. The van der Waals surface area contributed by atoms with Crippen LogP contribution in [0.4, 0.5) is 13.2 Å². The second-order valence-electron chi connectivity index (χ2n) is 7.34. The van der Waals surface area contributed by atoms with Crippen LogP contribution in [0.15, 0.2) is 54.6 Å². The molecule has 1 N–H and O–H groups in total. The third kappa shape index (κ3) is 4.42. The number of rotatable bonds is 6. The van der Waals surface area contributed by atoms with Crippen molar-refractivity contribution in [2.75, 3.05) is 0 Å². The summed E-state index contributed by atoms with van der Waals surface area (Å²) in [5.41, 5.74) is 2.94. The Morgan fingerprint density at radius 1 is 1.00 bits per heavy atom. The molecule has 6 heteroatoms. The minimum Gasteiger partial charge on any atom is -0.348 e. The molecule has 2 aromatic carbocycles. The smallest absolute Gasteiger partial charge is 0.348 e. The van der Waals surface area contributed by atoms with Gasteiger partial charge >= 0.3 is 6.18 Å². The Labute approximate surface area is 174 Å². The van der Waals surface area contributed by atoms with Gasteiger partial charge in [0.25, 0.3) is 5.91 Å². The molecule has 1 aromatic heterocycles. The first-order valence-corrected chi connectivity index (χ1v) is 9.94. The van der Waals surface area contributed by atoms with Gasteiger partial charge in [-0.25, -0.2) is 0 Å². The number of carbonyl (C=O) groups is 1. The molecule has 1 heterocycles. The van der Waals surface area contributed by atoms with E-state index in [1.807, 2.05) is 24.3 Å². The van der Waals surface area contributed by atoms with Crippen LogP contribution < -0.4 is 5.32 Å². The zero-order valence-corrected chi connectivity index (χ0v) is 17.3. The van der Waals surface area contributed by atoms with Crippen LogP contribution in [-0.4, -0.2) is 10.5 Å². The predicted molar refractivity (Wildman–Crippen MR) is 112 cm³/mol. The minimum absolute atomic E-state index is 0.0207. The summed E-state index contributed by atoms with van der Waals surface area (Å²) in [5, 5.41) is 2.92. The SMILES string of the molecule is CCCc1ccccc1CNC(=O)c1cc(C)n(-c2ccccc2C(F)(F)F)c1C. The van der Waals surface area contributed by atoms with Gasteiger partial charge in [-0.3, -0.25) is 4.79 Å². The molecule has 3 rings (SSSR count). The summed E-state index contributed by atoms with van der Waals surface area (Å²) in [4.78, 5) is 12.8. The first kappa shape index (κ1) is 21.7. The number of alkyl halides is 3. The average molecular weight is 414 g/mol. The van der Waals surface area contributed by atoms with E-state index in [0.29, 0.717) is 23.5 Å². The second-order valence-corrected chi connectivity index (χ2v) is 7.34. The number of hydrogen-bond acceptors (Lipinski definition) is 1. The van der Waals surface area contributed by atoms with Crippen molar-refractivity contribution in [3.63, 3.8) is 0 Å². The fourth-order valence-corrected chi connectivity index (χ4v) is 3.79. The third-order valence-corrected chi connectivity index (χ3v) is 5.20. The van der Waals surface area contributed by atoms with Gasteiger partial charge in [0, 0.05) is 17.9 Å². The zero-order valence-electron chi connectivity index (χ0n) is 17.3. The number of halogens is 3. The predicted octanol–water partition coefficient (Wildman–Crippen LogP) is 6.00. The van der Waals surface area contributed by atoms with E-state index in [2.05, 4.69) is 12.2 Å². The Balaban J connectivity index is 1.89. The zero-order chi connectivity index (χ0) is 21.9. The molecule has 0 bridgehead atoms. The topological polar surface area (TPSA) is 34.0 Å². The lowest BCUT2D eigenvalue weighted by molar-refractivity contribution is -0.137. The van der Waals surface area contributed by atoms with Crippen molar-refractivity contribution in [3.05, 3.63) is 88.2 Å². The van der Waals surface area contributed by atoms with E-state index in [-0.39, 0.29) is 11.6 Å². The van der Waals surface area contributed by atoms with Crippen LogP contribution >= 0.6 is 0 Å². The molecule has 0 saturated carbocycles. The molecule has 0 spiro atoms. The summed E-state index contributed by atoms with van der Waals surface area (Å²) < 4.78 is 41.9. The van der Waals surface area contributed by atoms with Crippen LogP contribution in [0.25, 0.3) is 5.69 Å². The molecule has 158 valence electrons. The van der Waals surface area contributed by atoms with Gasteiger partial charge in [-0.05, 0) is 49.6 Å². The van der Waals surface area contributed by atoms with Crippen LogP contribution in [0.5, 0.6) is 0 Å². The first-order chi connectivity index (χ1) is 14.2. The first-order valence-electron chi connectivity index (χ1n) is 9.94. The molecule has 0 aliphatic heterocycles. The van der Waals surface area contributed by atoms with Crippen molar-refractivity contribution in [1.29, 1.82) is 0 Å². The van der Waals surface area contributed by atoms with E-state index in [1.54, 1.807) is 26.0 Å². The summed E-state index contributed by atoms with van der Waals surface area (Å²) in [6, 6.07) is 15.0. The highest BCUT2D eigenvalue weighted by Gasteiger charge is 2.34. The van der Waals surface area contributed by atoms with Crippen LogP contribution in [0, 0.1) is 13.8 Å². The van der Waals surface area contributed by atoms with E-state index < -0.39 is 11.7 Å². The fourth-order valence-electron chi connectivity index (χ4n) is 3.79. The number of nitrogens with zero attached hydrogens (tertiary/aromatic N) is 1. The Morgan fingerprint density at radius 2 is 1.63 bits per heavy atom. The highest BCUT2D eigenvalue weighted by atomic mass is 19.4. The van der Waals surface area contributed by atoms with Gasteiger partial charge in [-0.1, -0.05) is 49.7 Å². The van der Waals surface area contributed by atoms with E-state index in [1.165, 1.54) is 22.3 Å². The lowest BCUT2D eigenvalue weighted by atomic mass is 10.0. The molecule has 3 nitrogen and oxygen atoms in total. The average Bonchev–Trinajstić information content (AvgIpc) is 3.00. The number of para-hydroxylation sites is 1. The van der Waals surface area contributed by atoms with Crippen molar-refractivity contribution in [3.8, 4) is 5.69 Å². The van der Waals surface area contributed by atoms with Crippen molar-refractivity contribution in [2.45, 2.75) is 46.3 Å². The number of aromatic nitrogens is 1. The van der Waals surface area contributed by atoms with Crippen LogP contribution in [0.1, 0.15) is 51.8 Å². The van der Waals surface area contributed by atoms with Crippen molar-refractivity contribution >= 4 is 5.91 Å². The molecule has 1 amide bonds. The van der Waals surface area contributed by atoms with Gasteiger partial charge in [-0.2, -0.15) is 13.2 Å². The Bertz CT molecular complexity index is 1050. The van der Waals surface area contributed by atoms with Gasteiger partial charge in [0.1, 0.15) is 0 Å². The van der Waals surface area contributed by atoms with Gasteiger partial charge in [0.05, 0.1) is 16.8 Å². The van der Waals surface area contributed by atoms with Crippen molar-refractivity contribution in [1.82, 2.24) is 9.88 Å². The molecule has 0 unspecified atom stereocenters. The van der Waals surface area contributed by atoms with Gasteiger partial charge < -0.3 is 9.88 Å². The number of hydrogen-bond donors (Lipinski definition) is 1. The maximum absolute atomic E-state index is 13.5. The summed E-state index contributed by atoms with van der Waals surface area (Å²) in [6.07, 6.45) is -2.55. The molecule has 0 atom stereocenters. The molecule has 3 aromatic rings. The highest BCUT2D eigenvalue weighted by Crippen LogP contribution is 2.35. The van der Waals surface area contributed by atoms with E-state index >= 15 is 0 Å². The standard InChI is InChI=1S/C24H25F3N2O/c1-4-9-18-10-5-6-11-19(18)15-28-23(30)20-14-16(2)29(17(20)3)22-13-8-7-12-21(22)24(25,26)27/h5-8,10-14H,4,9,15H2,1-3H3,(H,28,30). The molecular weight excluding hydrogens is 389 g/mol. The van der Waals surface area contributed by atoms with E-state index in [0.717, 1.165) is 24.5 Å². The van der Waals surface area contributed by atoms with Gasteiger partial charge in [-0.15, -0.1) is 0 Å². The lowest BCUT2D eigenvalue weighted by Gasteiger charge is -2.17. The molecule has 0 radical (unpaired) electrons. The quantitative estimate of drug-likeness (QED) is 0.528. The number of aryl methyl sites for hydroxylation is 2. The van der Waals surface area contributed by atoms with Crippen LogP contribution in [0.2, 0.25) is 0 Å². The summed E-state index contributed by atoms with van der Waals surface area (Å²) in [5.74, 6) is -0.301. The monoisotopic (exact) mass is 414 g/mol. The molecule has 0 aliphatic rings. The minimum atomic E-state index is -4.48. The lowest BCUT2D eigenvalue weighted by Crippen LogP contribution is -2.24. The van der Waals surface area contributed by atoms with Gasteiger partial charge in [0.15, 0.2) is 0 Å². The Kier molecular flexibility index (Phi) is 6.34. The van der Waals surface area contributed by atoms with Crippen LogP contribution in [0.3, 0.4) is 0 Å². The maximum atomic E-state index is 13.5. The normalized spacial score (nSPS) is 11.5. The summed E-state index contributed by atoms with van der Waals surface area (Å²) in [7, 11) is 0. The van der Waals surface area contributed by atoms with Crippen molar-refractivity contribution in [2.24, 2.45) is 0 Å². The second kappa shape index (κ2) is 8.78. The molecule has 0 fully saturated rings. The summed E-state index contributed by atoms with van der Waals surface area (Å²) >= 11 is 0. The molecule has 0 saturated heterocycles.